The lowest BCUT2D eigenvalue weighted by Crippen LogP contribution is -2.31. The van der Waals surface area contributed by atoms with Gasteiger partial charge in [-0.05, 0) is 31.5 Å². The minimum absolute atomic E-state index is 0.136. The van der Waals surface area contributed by atoms with Crippen LogP contribution in [0.15, 0.2) is 40.5 Å². The van der Waals surface area contributed by atoms with Crippen LogP contribution in [0.25, 0.3) is 0 Å². The molecular weight excluding hydrogens is 366 g/mol. The summed E-state index contributed by atoms with van der Waals surface area (Å²) in [4.78, 5) is 30.6. The number of hydrogen-bond acceptors (Lipinski definition) is 8. The van der Waals surface area contributed by atoms with Crippen LogP contribution in [0.3, 0.4) is 0 Å². The van der Waals surface area contributed by atoms with E-state index in [0.29, 0.717) is 16.4 Å². The summed E-state index contributed by atoms with van der Waals surface area (Å²) in [6.45, 7) is 3.86. The minimum Gasteiger partial charge on any atom is -0.468 e. The van der Waals surface area contributed by atoms with Gasteiger partial charge in [0.2, 0.25) is 0 Å². The molecule has 1 N–H and O–H groups in total. The Morgan fingerprint density at radius 1 is 1.26 bits per heavy atom. The predicted octanol–water partition coefficient (Wildman–Crippen LogP) is 2.50. The zero-order chi connectivity index (χ0) is 20.0. The Labute approximate surface area is 163 Å². The van der Waals surface area contributed by atoms with E-state index in [1.807, 2.05) is 43.3 Å². The van der Waals surface area contributed by atoms with Crippen molar-refractivity contribution in [2.24, 2.45) is 4.99 Å². The molecule has 8 heteroatoms. The SMILES string of the molecule is CCOC(=O)C1=C(C)NC(SCC(=O)OC)=N[C@H]1c1ccc(N(C)C)cc1. The van der Waals surface area contributed by atoms with Gasteiger partial charge in [-0.25, -0.2) is 9.79 Å². The topological polar surface area (TPSA) is 80.2 Å². The van der Waals surface area contributed by atoms with Gasteiger partial charge in [0.05, 0.1) is 25.0 Å². The average molecular weight is 391 g/mol. The van der Waals surface area contributed by atoms with Crippen molar-refractivity contribution >= 4 is 34.6 Å². The van der Waals surface area contributed by atoms with Crippen molar-refractivity contribution in [1.82, 2.24) is 5.32 Å². The zero-order valence-electron chi connectivity index (χ0n) is 16.2. The van der Waals surface area contributed by atoms with Crippen molar-refractivity contribution in [3.8, 4) is 0 Å². The van der Waals surface area contributed by atoms with E-state index in [1.165, 1.54) is 18.9 Å². The van der Waals surface area contributed by atoms with E-state index >= 15 is 0 Å². The van der Waals surface area contributed by atoms with E-state index in [9.17, 15) is 9.59 Å². The van der Waals surface area contributed by atoms with Gasteiger partial charge < -0.3 is 19.7 Å². The molecule has 0 radical (unpaired) electrons. The molecule has 0 saturated carbocycles. The Morgan fingerprint density at radius 2 is 1.93 bits per heavy atom. The Morgan fingerprint density at radius 3 is 2.48 bits per heavy atom. The number of nitrogens with one attached hydrogen (secondary N) is 1. The monoisotopic (exact) mass is 391 g/mol. The first kappa shape index (κ1) is 20.8. The molecule has 0 aromatic heterocycles. The standard InChI is InChI=1S/C19H25N3O4S/c1-6-26-18(24)16-12(2)20-19(27-11-15(23)25-5)21-17(16)13-7-9-14(10-8-13)22(3)4/h7-10,17H,6,11H2,1-5H3,(H,20,21)/t17-/m0/s1. The van der Waals surface area contributed by atoms with Crippen LogP contribution in [0.5, 0.6) is 0 Å². The molecule has 0 amide bonds. The highest BCUT2D eigenvalue weighted by Gasteiger charge is 2.30. The second-order valence-corrected chi connectivity index (χ2v) is 7.04. The number of hydrogen-bond donors (Lipinski definition) is 1. The molecule has 0 bridgehead atoms. The summed E-state index contributed by atoms with van der Waals surface area (Å²) in [6, 6.07) is 7.36. The van der Waals surface area contributed by atoms with E-state index in [4.69, 9.17) is 4.74 Å². The van der Waals surface area contributed by atoms with Gasteiger partial charge in [0, 0.05) is 25.5 Å². The Balaban J connectivity index is 2.36. The number of carbonyl (C=O) groups excluding carboxylic acids is 2. The van der Waals surface area contributed by atoms with Gasteiger partial charge in [-0.1, -0.05) is 23.9 Å². The van der Waals surface area contributed by atoms with Gasteiger partial charge in [0.1, 0.15) is 6.04 Å². The number of ether oxygens (including phenoxy) is 2. The van der Waals surface area contributed by atoms with Crippen molar-refractivity contribution in [1.29, 1.82) is 0 Å². The highest BCUT2D eigenvalue weighted by atomic mass is 32.2. The first-order valence-corrected chi connectivity index (χ1v) is 9.55. The summed E-state index contributed by atoms with van der Waals surface area (Å²) < 4.78 is 9.89. The Hall–Kier alpha value is -2.48. The lowest BCUT2D eigenvalue weighted by atomic mass is 9.96. The molecule has 146 valence electrons. The van der Waals surface area contributed by atoms with Gasteiger partial charge >= 0.3 is 11.9 Å². The van der Waals surface area contributed by atoms with Crippen LogP contribution in [-0.2, 0) is 19.1 Å². The number of carbonyl (C=O) groups is 2. The molecular formula is C19H25N3O4S. The largest absolute Gasteiger partial charge is 0.468 e. The molecule has 1 aliphatic rings. The average Bonchev–Trinajstić information content (AvgIpc) is 2.65. The van der Waals surface area contributed by atoms with Crippen LogP contribution in [0, 0.1) is 0 Å². The number of anilines is 1. The van der Waals surface area contributed by atoms with E-state index in [0.717, 1.165) is 11.3 Å². The second-order valence-electron chi connectivity index (χ2n) is 6.07. The van der Waals surface area contributed by atoms with Crippen LogP contribution >= 0.6 is 11.8 Å². The molecule has 1 aliphatic heterocycles. The van der Waals surface area contributed by atoms with E-state index in [2.05, 4.69) is 15.0 Å². The van der Waals surface area contributed by atoms with Gasteiger partial charge in [-0.15, -0.1) is 0 Å². The summed E-state index contributed by atoms with van der Waals surface area (Å²) >= 11 is 1.24. The smallest absolute Gasteiger partial charge is 0.338 e. The summed E-state index contributed by atoms with van der Waals surface area (Å²) in [5, 5.41) is 3.65. The number of amidine groups is 1. The first-order valence-electron chi connectivity index (χ1n) is 8.57. The lowest BCUT2D eigenvalue weighted by Gasteiger charge is -2.26. The van der Waals surface area contributed by atoms with E-state index in [-0.39, 0.29) is 18.3 Å². The number of esters is 2. The fraction of sp³-hybridized carbons (Fsp3) is 0.421. The maximum Gasteiger partial charge on any atom is 0.338 e. The molecule has 0 saturated heterocycles. The highest BCUT2D eigenvalue weighted by Crippen LogP contribution is 2.33. The van der Waals surface area contributed by atoms with Gasteiger partial charge in [0.15, 0.2) is 5.17 Å². The fourth-order valence-corrected chi connectivity index (χ4v) is 3.35. The molecule has 1 heterocycles. The Bertz CT molecular complexity index is 757. The van der Waals surface area contributed by atoms with Crippen molar-refractivity contribution in [2.75, 3.05) is 38.5 Å². The fourth-order valence-electron chi connectivity index (χ4n) is 2.58. The molecule has 7 nitrogen and oxygen atoms in total. The van der Waals surface area contributed by atoms with Gasteiger partial charge in [-0.2, -0.15) is 0 Å². The number of benzene rings is 1. The quantitative estimate of drug-likeness (QED) is 0.746. The zero-order valence-corrected chi connectivity index (χ0v) is 17.1. The molecule has 1 atom stereocenters. The maximum absolute atomic E-state index is 12.5. The molecule has 0 spiro atoms. The third kappa shape index (κ3) is 5.26. The summed E-state index contributed by atoms with van der Waals surface area (Å²) in [6.07, 6.45) is 0. The summed E-state index contributed by atoms with van der Waals surface area (Å²) in [5.41, 5.74) is 3.06. The van der Waals surface area contributed by atoms with Gasteiger partial charge in [0.25, 0.3) is 0 Å². The van der Waals surface area contributed by atoms with Crippen LogP contribution in [0.1, 0.15) is 25.5 Å². The molecule has 0 aliphatic carbocycles. The van der Waals surface area contributed by atoms with Crippen LogP contribution < -0.4 is 10.2 Å². The number of thioether (sulfide) groups is 1. The predicted molar refractivity (Wildman–Crippen MR) is 108 cm³/mol. The minimum atomic E-state index is -0.498. The first-order chi connectivity index (χ1) is 12.9. The third-order valence-electron chi connectivity index (χ3n) is 3.99. The van der Waals surface area contributed by atoms with Crippen LogP contribution in [0.2, 0.25) is 0 Å². The van der Waals surface area contributed by atoms with Crippen molar-refractivity contribution in [3.05, 3.63) is 41.1 Å². The lowest BCUT2D eigenvalue weighted by molar-refractivity contribution is -0.139. The molecule has 1 aromatic rings. The number of rotatable bonds is 6. The second kappa shape index (κ2) is 9.45. The molecule has 1 aromatic carbocycles. The van der Waals surface area contributed by atoms with E-state index in [1.54, 1.807) is 13.8 Å². The van der Waals surface area contributed by atoms with Crippen molar-refractivity contribution in [3.63, 3.8) is 0 Å². The van der Waals surface area contributed by atoms with Crippen LogP contribution in [-0.4, -0.2) is 50.7 Å². The van der Waals surface area contributed by atoms with Gasteiger partial charge in [-0.3, -0.25) is 4.79 Å². The van der Waals surface area contributed by atoms with E-state index < -0.39 is 12.0 Å². The van der Waals surface area contributed by atoms with Crippen LogP contribution in [0.4, 0.5) is 5.69 Å². The molecule has 27 heavy (non-hydrogen) atoms. The summed E-state index contributed by atoms with van der Waals surface area (Å²) in [5.74, 6) is -0.601. The Kier molecular flexibility index (Phi) is 7.29. The normalized spacial score (nSPS) is 16.3. The molecule has 0 fully saturated rings. The van der Waals surface area contributed by atoms with Crippen molar-refractivity contribution < 1.29 is 19.1 Å². The third-order valence-corrected chi connectivity index (χ3v) is 4.85. The molecule has 0 unspecified atom stereocenters. The number of nitrogens with zero attached hydrogens (tertiary/aromatic N) is 2. The number of methoxy groups -OCH3 is 1. The maximum atomic E-state index is 12.5. The number of aliphatic imine (C=N–C) groups is 1. The molecule has 2 rings (SSSR count). The van der Waals surface area contributed by atoms with Crippen molar-refractivity contribution in [2.45, 2.75) is 19.9 Å². The summed E-state index contributed by atoms with van der Waals surface area (Å²) in [7, 11) is 5.28. The highest BCUT2D eigenvalue weighted by molar-refractivity contribution is 8.14. The number of allylic oxidation sites excluding steroid dienone is 1.